The number of halogens is 1. The molecule has 5 heteroatoms. The second-order valence-electron chi connectivity index (χ2n) is 5.26. The van der Waals surface area contributed by atoms with Crippen molar-refractivity contribution in [3.05, 3.63) is 0 Å². The van der Waals surface area contributed by atoms with Crippen LogP contribution in [0.2, 0.25) is 0 Å². The minimum atomic E-state index is -0.189. The summed E-state index contributed by atoms with van der Waals surface area (Å²) in [4.78, 5) is 10.9. The minimum absolute atomic E-state index is 0.0316. The summed E-state index contributed by atoms with van der Waals surface area (Å²) < 4.78 is 16.0. The predicted octanol–water partition coefficient (Wildman–Crippen LogP) is 3.81. The first-order valence-electron chi connectivity index (χ1n) is 7.68. The Morgan fingerprint density at radius 3 is 2.35 bits per heavy atom. The summed E-state index contributed by atoms with van der Waals surface area (Å²) in [6.07, 6.45) is 9.34. The Balaban J connectivity index is 1.85. The van der Waals surface area contributed by atoms with Gasteiger partial charge in [-0.05, 0) is 25.7 Å². The van der Waals surface area contributed by atoms with E-state index in [0.717, 1.165) is 37.8 Å². The van der Waals surface area contributed by atoms with Gasteiger partial charge >= 0.3 is 5.97 Å². The maximum atomic E-state index is 10.9. The van der Waals surface area contributed by atoms with Crippen LogP contribution in [0.15, 0.2) is 0 Å². The molecule has 1 saturated heterocycles. The number of alkyl halides is 1. The van der Waals surface area contributed by atoms with E-state index in [1.54, 1.807) is 0 Å². The van der Waals surface area contributed by atoms with Gasteiger partial charge < -0.3 is 14.2 Å². The van der Waals surface area contributed by atoms with Gasteiger partial charge in [-0.1, -0.05) is 41.6 Å². The zero-order valence-corrected chi connectivity index (χ0v) is 14.0. The molecular weight excluding hydrogens is 324 g/mol. The minimum Gasteiger partial charge on any atom is -0.462 e. The van der Waals surface area contributed by atoms with Gasteiger partial charge in [0.1, 0.15) is 6.10 Å². The van der Waals surface area contributed by atoms with Crippen molar-refractivity contribution in [3.63, 3.8) is 0 Å². The van der Waals surface area contributed by atoms with E-state index in [-0.39, 0.29) is 18.4 Å². The number of carbonyl (C=O) groups is 1. The third-order valence-corrected chi connectivity index (χ3v) is 4.13. The number of hydrogen-bond donors (Lipinski definition) is 0. The van der Waals surface area contributed by atoms with E-state index in [0.29, 0.717) is 0 Å². The van der Waals surface area contributed by atoms with Gasteiger partial charge in [0.05, 0.1) is 13.2 Å². The van der Waals surface area contributed by atoms with Crippen molar-refractivity contribution in [2.24, 2.45) is 0 Å². The van der Waals surface area contributed by atoms with Gasteiger partial charge in [-0.15, -0.1) is 0 Å². The molecule has 118 valence electrons. The molecule has 0 spiro atoms. The number of rotatable bonds is 11. The molecule has 0 unspecified atom stereocenters. The lowest BCUT2D eigenvalue weighted by Gasteiger charge is -2.13. The molecule has 0 radical (unpaired) electrons. The SMILES string of the molecule is CC(=O)O[C@@H](CBr)CCCCCCCCC1OCCO1. The number of ether oxygens (including phenoxy) is 3. The fraction of sp³-hybridized carbons (Fsp3) is 0.933. The van der Waals surface area contributed by atoms with Crippen molar-refractivity contribution in [1.82, 2.24) is 0 Å². The van der Waals surface area contributed by atoms with Crippen LogP contribution < -0.4 is 0 Å². The van der Waals surface area contributed by atoms with Crippen molar-refractivity contribution in [1.29, 1.82) is 0 Å². The van der Waals surface area contributed by atoms with E-state index in [9.17, 15) is 4.79 Å². The number of esters is 1. The molecule has 1 rings (SSSR count). The number of carbonyl (C=O) groups excluding carboxylic acids is 1. The summed E-state index contributed by atoms with van der Waals surface area (Å²) in [5.74, 6) is -0.189. The zero-order chi connectivity index (χ0) is 14.6. The largest absolute Gasteiger partial charge is 0.462 e. The zero-order valence-electron chi connectivity index (χ0n) is 12.4. The third kappa shape index (κ3) is 8.93. The monoisotopic (exact) mass is 350 g/mol. The predicted molar refractivity (Wildman–Crippen MR) is 82.0 cm³/mol. The summed E-state index contributed by atoms with van der Waals surface area (Å²) in [6, 6.07) is 0. The molecular formula is C15H27BrO4. The van der Waals surface area contributed by atoms with E-state index in [1.807, 2.05) is 0 Å². The molecule has 1 atom stereocenters. The molecule has 4 nitrogen and oxygen atoms in total. The lowest BCUT2D eigenvalue weighted by atomic mass is 10.1. The highest BCUT2D eigenvalue weighted by Crippen LogP contribution is 2.15. The van der Waals surface area contributed by atoms with Crippen LogP contribution in [0.25, 0.3) is 0 Å². The molecule has 1 heterocycles. The Labute approximate surface area is 130 Å². The molecule has 0 N–H and O–H groups in total. The lowest BCUT2D eigenvalue weighted by Crippen LogP contribution is -2.17. The van der Waals surface area contributed by atoms with Gasteiger partial charge in [0, 0.05) is 12.3 Å². The van der Waals surface area contributed by atoms with Crippen molar-refractivity contribution in [2.75, 3.05) is 18.5 Å². The molecule has 0 aliphatic carbocycles. The Hall–Kier alpha value is -0.130. The van der Waals surface area contributed by atoms with Crippen molar-refractivity contribution < 1.29 is 19.0 Å². The van der Waals surface area contributed by atoms with Crippen molar-refractivity contribution in [3.8, 4) is 0 Å². The van der Waals surface area contributed by atoms with E-state index >= 15 is 0 Å². The van der Waals surface area contributed by atoms with Crippen LogP contribution in [-0.2, 0) is 19.0 Å². The summed E-state index contributed by atoms with van der Waals surface area (Å²) >= 11 is 3.38. The van der Waals surface area contributed by atoms with Crippen LogP contribution in [0.1, 0.15) is 58.3 Å². The first kappa shape index (κ1) is 17.9. The highest BCUT2D eigenvalue weighted by atomic mass is 79.9. The normalized spacial score (nSPS) is 17.3. The van der Waals surface area contributed by atoms with Gasteiger partial charge in [0.25, 0.3) is 0 Å². The quantitative estimate of drug-likeness (QED) is 0.323. The molecule has 1 fully saturated rings. The van der Waals surface area contributed by atoms with Crippen LogP contribution in [-0.4, -0.2) is 36.9 Å². The smallest absolute Gasteiger partial charge is 0.302 e. The number of unbranched alkanes of at least 4 members (excludes halogenated alkanes) is 5. The van der Waals surface area contributed by atoms with E-state index in [1.165, 1.54) is 39.0 Å². The van der Waals surface area contributed by atoms with E-state index in [4.69, 9.17) is 14.2 Å². The Morgan fingerprint density at radius 2 is 1.75 bits per heavy atom. The Bertz CT molecular complexity index is 254. The second-order valence-corrected chi connectivity index (χ2v) is 5.90. The van der Waals surface area contributed by atoms with Crippen LogP contribution >= 0.6 is 15.9 Å². The molecule has 0 aromatic heterocycles. The third-order valence-electron chi connectivity index (χ3n) is 3.41. The summed E-state index contributed by atoms with van der Waals surface area (Å²) in [7, 11) is 0. The Morgan fingerprint density at radius 1 is 1.15 bits per heavy atom. The first-order valence-corrected chi connectivity index (χ1v) is 8.81. The van der Waals surface area contributed by atoms with Crippen LogP contribution in [0.5, 0.6) is 0 Å². The van der Waals surface area contributed by atoms with Crippen LogP contribution in [0.3, 0.4) is 0 Å². The molecule has 1 aliphatic heterocycles. The van der Waals surface area contributed by atoms with Gasteiger partial charge in [0.15, 0.2) is 6.29 Å². The molecule has 0 bridgehead atoms. The van der Waals surface area contributed by atoms with Crippen molar-refractivity contribution >= 4 is 21.9 Å². The maximum Gasteiger partial charge on any atom is 0.302 e. The maximum absolute atomic E-state index is 10.9. The van der Waals surface area contributed by atoms with Gasteiger partial charge in [-0.2, -0.15) is 0 Å². The summed E-state index contributed by atoms with van der Waals surface area (Å²) in [5.41, 5.74) is 0. The molecule has 0 saturated carbocycles. The Kier molecular flexibility index (Phi) is 10.3. The fourth-order valence-corrected chi connectivity index (χ4v) is 2.82. The average Bonchev–Trinajstić information content (AvgIpc) is 2.93. The first-order chi connectivity index (χ1) is 9.72. The topological polar surface area (TPSA) is 44.8 Å². The van der Waals surface area contributed by atoms with Crippen molar-refractivity contribution in [2.45, 2.75) is 70.7 Å². The van der Waals surface area contributed by atoms with Crippen LogP contribution in [0.4, 0.5) is 0 Å². The highest BCUT2D eigenvalue weighted by molar-refractivity contribution is 9.09. The van der Waals surface area contributed by atoms with Gasteiger partial charge in [-0.25, -0.2) is 0 Å². The molecule has 1 aliphatic rings. The average molecular weight is 351 g/mol. The van der Waals surface area contributed by atoms with Crippen LogP contribution in [0, 0.1) is 0 Å². The summed E-state index contributed by atoms with van der Waals surface area (Å²) in [5, 5.41) is 0.730. The second kappa shape index (κ2) is 11.5. The molecule has 0 amide bonds. The van der Waals surface area contributed by atoms with Gasteiger partial charge in [-0.3, -0.25) is 4.79 Å². The summed E-state index contributed by atoms with van der Waals surface area (Å²) in [6.45, 7) is 2.97. The standard InChI is InChI=1S/C15H27BrO4/c1-13(17)20-14(12-16)8-6-4-2-3-5-7-9-15-18-10-11-19-15/h14-15H,2-12H2,1H3/t14-/m1/s1. The highest BCUT2D eigenvalue weighted by Gasteiger charge is 2.14. The molecule has 20 heavy (non-hydrogen) atoms. The molecule has 0 aromatic rings. The van der Waals surface area contributed by atoms with Gasteiger partial charge in [0.2, 0.25) is 0 Å². The number of hydrogen-bond acceptors (Lipinski definition) is 4. The van der Waals surface area contributed by atoms with E-state index < -0.39 is 0 Å². The lowest BCUT2D eigenvalue weighted by molar-refractivity contribution is -0.145. The van der Waals surface area contributed by atoms with E-state index in [2.05, 4.69) is 15.9 Å². The molecule has 0 aromatic carbocycles. The fourth-order valence-electron chi connectivity index (χ4n) is 2.37.